The number of imidazole rings is 1. The number of halogens is 3. The molecule has 3 rings (SSSR count). The minimum absolute atomic E-state index is 0.0141. The number of rotatable bonds is 4. The molecule has 0 aromatic carbocycles. The second kappa shape index (κ2) is 6.50. The van der Waals surface area contributed by atoms with Gasteiger partial charge in [0.1, 0.15) is 5.82 Å². The number of hydrogen-bond donors (Lipinski definition) is 1. The summed E-state index contributed by atoms with van der Waals surface area (Å²) in [4.78, 5) is 28.4. The fourth-order valence-electron chi connectivity index (χ4n) is 3.04. The molecule has 0 bridgehead atoms. The molecule has 7 nitrogen and oxygen atoms in total. The van der Waals surface area contributed by atoms with Crippen LogP contribution in [0.15, 0.2) is 22.7 Å². The number of aryl methyl sites for hydroxylation is 1. The molecule has 0 radical (unpaired) electrons. The van der Waals surface area contributed by atoms with E-state index >= 15 is 0 Å². The highest BCUT2D eigenvalue weighted by molar-refractivity contribution is 5.94. The summed E-state index contributed by atoms with van der Waals surface area (Å²) in [6.45, 7) is 0.686. The Labute approximate surface area is 146 Å². The maximum Gasteiger partial charge on any atom is 0.434 e. The van der Waals surface area contributed by atoms with Crippen LogP contribution in [0.4, 0.5) is 13.2 Å². The van der Waals surface area contributed by atoms with Crippen molar-refractivity contribution in [2.75, 3.05) is 13.6 Å². The highest BCUT2D eigenvalue weighted by Gasteiger charge is 2.36. The molecule has 0 fully saturated rings. The maximum atomic E-state index is 12.8. The van der Waals surface area contributed by atoms with Gasteiger partial charge >= 0.3 is 6.18 Å². The van der Waals surface area contributed by atoms with Crippen molar-refractivity contribution < 1.29 is 27.2 Å². The number of furan rings is 1. The van der Waals surface area contributed by atoms with E-state index in [2.05, 4.69) is 4.98 Å². The maximum absolute atomic E-state index is 12.8. The van der Waals surface area contributed by atoms with Crippen LogP contribution in [0.5, 0.6) is 0 Å². The number of primary amides is 1. The predicted molar refractivity (Wildman–Crippen MR) is 83.2 cm³/mol. The molecule has 1 atom stereocenters. The molecule has 2 amide bonds. The highest BCUT2D eigenvalue weighted by atomic mass is 19.4. The zero-order chi connectivity index (χ0) is 19.1. The molecule has 3 heterocycles. The van der Waals surface area contributed by atoms with Gasteiger partial charge < -0.3 is 19.6 Å². The summed E-state index contributed by atoms with van der Waals surface area (Å²) in [6, 6.07) is 2.68. The molecule has 0 saturated carbocycles. The second-order valence-electron chi connectivity index (χ2n) is 6.31. The number of amides is 2. The van der Waals surface area contributed by atoms with Gasteiger partial charge in [0.15, 0.2) is 17.2 Å². The highest BCUT2D eigenvalue weighted by Crippen LogP contribution is 2.30. The average Bonchev–Trinajstić information content (AvgIpc) is 3.20. The summed E-state index contributed by atoms with van der Waals surface area (Å²) in [5, 5.41) is 0. The molecule has 0 spiro atoms. The summed E-state index contributed by atoms with van der Waals surface area (Å²) < 4.78 is 44.9. The number of alkyl halides is 3. The zero-order valence-electron chi connectivity index (χ0n) is 13.9. The van der Waals surface area contributed by atoms with Crippen molar-refractivity contribution in [3.63, 3.8) is 0 Å². The summed E-state index contributed by atoms with van der Waals surface area (Å²) >= 11 is 0. The number of nitrogens with two attached hydrogens (primary N) is 1. The fraction of sp³-hybridized carbons (Fsp3) is 0.438. The van der Waals surface area contributed by atoms with Crippen LogP contribution in [-0.4, -0.2) is 39.9 Å². The van der Waals surface area contributed by atoms with Crippen LogP contribution in [0.3, 0.4) is 0 Å². The third-order valence-corrected chi connectivity index (χ3v) is 4.32. The first-order valence-corrected chi connectivity index (χ1v) is 7.93. The smallest absolute Gasteiger partial charge is 0.434 e. The monoisotopic (exact) mass is 370 g/mol. The van der Waals surface area contributed by atoms with E-state index in [1.807, 2.05) is 0 Å². The molecule has 10 heteroatoms. The van der Waals surface area contributed by atoms with Gasteiger partial charge in [0.05, 0.1) is 0 Å². The number of aromatic nitrogens is 2. The van der Waals surface area contributed by atoms with Crippen molar-refractivity contribution in [2.45, 2.75) is 25.6 Å². The summed E-state index contributed by atoms with van der Waals surface area (Å²) in [5.41, 5.74) is 4.19. The molecule has 1 aliphatic rings. The van der Waals surface area contributed by atoms with E-state index in [-0.39, 0.29) is 17.4 Å². The Kier molecular flexibility index (Phi) is 4.51. The van der Waals surface area contributed by atoms with Crippen LogP contribution in [0.1, 0.15) is 39.0 Å². The molecule has 2 N–H and O–H groups in total. The van der Waals surface area contributed by atoms with E-state index in [9.17, 15) is 22.8 Å². The van der Waals surface area contributed by atoms with Gasteiger partial charge in [0.25, 0.3) is 11.8 Å². The number of nitrogens with zero attached hydrogens (tertiary/aromatic N) is 3. The van der Waals surface area contributed by atoms with Crippen LogP contribution >= 0.6 is 0 Å². The average molecular weight is 370 g/mol. The third kappa shape index (κ3) is 3.58. The Morgan fingerprint density at radius 1 is 1.38 bits per heavy atom. The predicted octanol–water partition coefficient (Wildman–Crippen LogP) is 1.93. The lowest BCUT2D eigenvalue weighted by Gasteiger charge is -2.27. The number of carbonyl (C=O) groups excluding carboxylic acids is 2. The topological polar surface area (TPSA) is 94.4 Å². The lowest BCUT2D eigenvalue weighted by Crippen LogP contribution is -2.35. The van der Waals surface area contributed by atoms with Crippen LogP contribution in [0, 0.1) is 5.92 Å². The summed E-state index contributed by atoms with van der Waals surface area (Å²) in [6.07, 6.45) is -2.43. The van der Waals surface area contributed by atoms with Crippen LogP contribution < -0.4 is 5.73 Å². The number of carbonyl (C=O) groups is 2. The van der Waals surface area contributed by atoms with Crippen molar-refractivity contribution >= 4 is 11.8 Å². The Bertz CT molecular complexity index is 840. The molecular formula is C16H17F3N4O3. The van der Waals surface area contributed by atoms with Crippen LogP contribution in [0.25, 0.3) is 0 Å². The van der Waals surface area contributed by atoms with Crippen molar-refractivity contribution in [3.05, 3.63) is 41.4 Å². The van der Waals surface area contributed by atoms with E-state index in [1.54, 1.807) is 7.05 Å². The zero-order valence-corrected chi connectivity index (χ0v) is 13.9. The van der Waals surface area contributed by atoms with Gasteiger partial charge in [-0.1, -0.05) is 0 Å². The van der Waals surface area contributed by atoms with E-state index < -0.39 is 23.7 Å². The SMILES string of the molecule is CN(CC1CCc2nc(C(F)(F)F)cn2C1)C(=O)c1ccc(C(N)=O)o1. The lowest BCUT2D eigenvalue weighted by atomic mass is 9.99. The van der Waals surface area contributed by atoms with Gasteiger partial charge in [0.2, 0.25) is 0 Å². The second-order valence-corrected chi connectivity index (χ2v) is 6.31. The van der Waals surface area contributed by atoms with Crippen molar-refractivity contribution in [3.8, 4) is 0 Å². The van der Waals surface area contributed by atoms with Crippen molar-refractivity contribution in [1.82, 2.24) is 14.5 Å². The van der Waals surface area contributed by atoms with Gasteiger partial charge in [-0.3, -0.25) is 9.59 Å². The Morgan fingerprint density at radius 3 is 2.69 bits per heavy atom. The van der Waals surface area contributed by atoms with E-state index in [1.165, 1.54) is 21.6 Å². The van der Waals surface area contributed by atoms with Gasteiger partial charge in [-0.25, -0.2) is 4.98 Å². The first-order valence-electron chi connectivity index (χ1n) is 7.93. The Hall–Kier alpha value is -2.78. The molecule has 2 aromatic rings. The van der Waals surface area contributed by atoms with Gasteiger partial charge in [0, 0.05) is 32.8 Å². The third-order valence-electron chi connectivity index (χ3n) is 4.32. The van der Waals surface area contributed by atoms with Gasteiger partial charge in [-0.15, -0.1) is 0 Å². The normalized spacial score (nSPS) is 17.0. The quantitative estimate of drug-likeness (QED) is 0.890. The van der Waals surface area contributed by atoms with Gasteiger partial charge in [-0.05, 0) is 24.5 Å². The van der Waals surface area contributed by atoms with Crippen molar-refractivity contribution in [1.29, 1.82) is 0 Å². The van der Waals surface area contributed by atoms with Crippen molar-refractivity contribution in [2.24, 2.45) is 11.7 Å². The molecule has 0 aliphatic carbocycles. The van der Waals surface area contributed by atoms with Crippen LogP contribution in [-0.2, 0) is 19.1 Å². The Morgan fingerprint density at radius 2 is 2.08 bits per heavy atom. The number of hydrogen-bond acceptors (Lipinski definition) is 4. The van der Waals surface area contributed by atoms with E-state index in [0.29, 0.717) is 31.8 Å². The molecule has 0 saturated heterocycles. The molecule has 26 heavy (non-hydrogen) atoms. The summed E-state index contributed by atoms with van der Waals surface area (Å²) in [5.74, 6) is -0.934. The molecule has 2 aromatic heterocycles. The van der Waals surface area contributed by atoms with Gasteiger partial charge in [-0.2, -0.15) is 13.2 Å². The molecular weight excluding hydrogens is 353 g/mol. The largest absolute Gasteiger partial charge is 0.446 e. The first kappa shape index (κ1) is 18.0. The first-order chi connectivity index (χ1) is 12.1. The van der Waals surface area contributed by atoms with E-state index in [4.69, 9.17) is 10.2 Å². The lowest BCUT2D eigenvalue weighted by molar-refractivity contribution is -0.141. The Balaban J connectivity index is 1.65. The molecule has 1 unspecified atom stereocenters. The van der Waals surface area contributed by atoms with Crippen LogP contribution in [0.2, 0.25) is 0 Å². The summed E-state index contributed by atoms with van der Waals surface area (Å²) in [7, 11) is 1.57. The fourth-order valence-corrected chi connectivity index (χ4v) is 3.04. The minimum atomic E-state index is -4.47. The minimum Gasteiger partial charge on any atom is -0.446 e. The molecule has 140 valence electrons. The molecule has 1 aliphatic heterocycles. The standard InChI is InChI=1S/C16H17F3N4O3/c1-22(15(25)11-4-3-10(26-11)14(20)24)6-9-2-5-13-21-12(16(17,18)19)8-23(13)7-9/h3-4,8-9H,2,5-7H2,1H3,(H2,20,24). The van der Waals surface area contributed by atoms with E-state index in [0.717, 1.165) is 6.20 Å². The number of fused-ring (bicyclic) bond motifs is 1.